The van der Waals surface area contributed by atoms with E-state index in [0.29, 0.717) is 25.7 Å². The van der Waals surface area contributed by atoms with E-state index in [2.05, 4.69) is 34.6 Å². The maximum Gasteiger partial charge on any atom is 0.472 e. The van der Waals surface area contributed by atoms with Crippen LogP contribution in [-0.4, -0.2) is 96.7 Å². The average Bonchev–Trinajstić information content (AvgIpc) is 2.41. The number of aliphatic hydroxyl groups excluding tert-OH is 1. The van der Waals surface area contributed by atoms with Gasteiger partial charge in [-0.25, -0.2) is 9.13 Å². The molecule has 0 saturated carbocycles. The average molecular weight is 1340 g/mol. The fourth-order valence-electron chi connectivity index (χ4n) is 11.0. The first-order valence-electron chi connectivity index (χ1n) is 37.6. The Morgan fingerprint density at radius 3 is 0.747 bits per heavy atom. The van der Waals surface area contributed by atoms with Gasteiger partial charge in [0.15, 0.2) is 12.2 Å². The molecule has 0 rings (SSSR count). The summed E-state index contributed by atoms with van der Waals surface area (Å²) in [7, 11) is -9.90. The largest absolute Gasteiger partial charge is 0.472 e. The predicted octanol–water partition coefficient (Wildman–Crippen LogP) is 20.9. The Kier molecular flexibility index (Phi) is 64.0. The fourth-order valence-corrected chi connectivity index (χ4v) is 12.6. The van der Waals surface area contributed by atoms with Crippen LogP contribution in [0.2, 0.25) is 0 Å². The number of hydrogen-bond acceptors (Lipinski definition) is 15. The summed E-state index contributed by atoms with van der Waals surface area (Å²) >= 11 is 0. The molecule has 0 saturated heterocycles. The van der Waals surface area contributed by atoms with Gasteiger partial charge in [-0.2, -0.15) is 0 Å². The molecule has 0 aromatic carbocycles. The SMILES string of the molecule is CCCCCCCCCCCCCCCC(=O)OC[C@H](COP(=O)(O)OC[C@@H](O)COP(=O)(O)OC[C@@H](COC(=O)CCCCCCCCCCC)OC(=O)CCCCCCCCCCCCCC)OC(=O)CCCCCCCCCCCCCCCCC(C)C. The van der Waals surface area contributed by atoms with E-state index < -0.39 is 97.5 Å². The third-order valence-corrected chi connectivity index (χ3v) is 18.7. The molecule has 540 valence electrons. The lowest BCUT2D eigenvalue weighted by Gasteiger charge is -2.21. The van der Waals surface area contributed by atoms with Crippen LogP contribution in [0, 0.1) is 5.92 Å². The lowest BCUT2D eigenvalue weighted by Crippen LogP contribution is -2.30. The third kappa shape index (κ3) is 66.5. The van der Waals surface area contributed by atoms with E-state index in [-0.39, 0.29) is 25.7 Å². The molecule has 0 bridgehead atoms. The standard InChI is InChI=1S/C72H140O17P2/c1-6-9-12-15-18-21-23-27-32-36-41-46-51-56-70(75)83-62-68(89-72(77)58-53-48-43-38-33-29-26-25-28-30-35-39-44-49-54-65(4)5)64-87-91(80,81)85-60-66(73)59-84-90(78,79)86-63-67(61-82-69(74)55-50-45-40-34-20-17-14-11-8-3)88-71(76)57-52-47-42-37-31-24-22-19-16-13-10-7-2/h65-68,73H,6-64H2,1-5H3,(H,78,79)(H,80,81)/t66-,67+,68+/m0/s1. The normalized spacial score (nSPS) is 14.0. The zero-order valence-corrected chi connectivity index (χ0v) is 60.8. The number of carbonyl (C=O) groups excluding carboxylic acids is 4. The zero-order chi connectivity index (χ0) is 67.0. The minimum absolute atomic E-state index is 0.108. The van der Waals surface area contributed by atoms with E-state index >= 15 is 0 Å². The lowest BCUT2D eigenvalue weighted by molar-refractivity contribution is -0.161. The maximum absolute atomic E-state index is 13.0. The van der Waals surface area contributed by atoms with Crippen LogP contribution in [0.25, 0.3) is 0 Å². The summed E-state index contributed by atoms with van der Waals surface area (Å²) in [5, 5.41) is 10.6. The van der Waals surface area contributed by atoms with E-state index in [1.54, 1.807) is 0 Å². The van der Waals surface area contributed by atoms with Crippen LogP contribution < -0.4 is 0 Å². The maximum atomic E-state index is 13.0. The molecule has 2 unspecified atom stereocenters. The molecule has 0 radical (unpaired) electrons. The minimum Gasteiger partial charge on any atom is -0.462 e. The van der Waals surface area contributed by atoms with Crippen molar-refractivity contribution in [2.45, 2.75) is 393 Å². The minimum atomic E-state index is -4.95. The number of ether oxygens (including phenoxy) is 4. The highest BCUT2D eigenvalue weighted by Gasteiger charge is 2.30. The second-order valence-electron chi connectivity index (χ2n) is 26.5. The summed E-state index contributed by atoms with van der Waals surface area (Å²) in [6, 6.07) is 0. The molecule has 0 aliphatic carbocycles. The second kappa shape index (κ2) is 65.4. The predicted molar refractivity (Wildman–Crippen MR) is 368 cm³/mol. The first kappa shape index (κ1) is 89.1. The second-order valence-corrected chi connectivity index (χ2v) is 29.4. The van der Waals surface area contributed by atoms with Crippen molar-refractivity contribution in [2.24, 2.45) is 5.92 Å². The van der Waals surface area contributed by atoms with E-state index in [1.807, 2.05) is 0 Å². The smallest absolute Gasteiger partial charge is 0.462 e. The number of phosphoric ester groups is 2. The van der Waals surface area contributed by atoms with Gasteiger partial charge in [0, 0.05) is 25.7 Å². The van der Waals surface area contributed by atoms with Crippen LogP contribution in [0.5, 0.6) is 0 Å². The molecular formula is C72H140O17P2. The Balaban J connectivity index is 5.23. The summed E-state index contributed by atoms with van der Waals surface area (Å²) in [5.41, 5.74) is 0. The van der Waals surface area contributed by atoms with Gasteiger partial charge in [0.1, 0.15) is 19.3 Å². The first-order chi connectivity index (χ1) is 44.0. The molecular weight excluding hydrogens is 1200 g/mol. The van der Waals surface area contributed by atoms with Crippen LogP contribution >= 0.6 is 15.6 Å². The van der Waals surface area contributed by atoms with Crippen LogP contribution in [0.3, 0.4) is 0 Å². The summed E-state index contributed by atoms with van der Waals surface area (Å²) in [5.74, 6) is -1.32. The van der Waals surface area contributed by atoms with E-state index in [9.17, 15) is 43.2 Å². The Bertz CT molecular complexity index is 1750. The highest BCUT2D eigenvalue weighted by Crippen LogP contribution is 2.45. The van der Waals surface area contributed by atoms with Gasteiger partial charge in [0.05, 0.1) is 26.4 Å². The van der Waals surface area contributed by atoms with Gasteiger partial charge >= 0.3 is 39.5 Å². The molecule has 5 atom stereocenters. The monoisotopic (exact) mass is 1340 g/mol. The molecule has 0 heterocycles. The molecule has 19 heteroatoms. The number of phosphoric acid groups is 2. The number of hydrogen-bond donors (Lipinski definition) is 3. The fraction of sp³-hybridized carbons (Fsp3) is 0.944. The topological polar surface area (TPSA) is 237 Å². The molecule has 91 heavy (non-hydrogen) atoms. The number of aliphatic hydroxyl groups is 1. The van der Waals surface area contributed by atoms with Crippen molar-refractivity contribution in [1.82, 2.24) is 0 Å². The molecule has 0 aliphatic rings. The van der Waals surface area contributed by atoms with Crippen LogP contribution in [-0.2, 0) is 65.4 Å². The summed E-state index contributed by atoms with van der Waals surface area (Å²) < 4.78 is 68.3. The van der Waals surface area contributed by atoms with Gasteiger partial charge in [0.2, 0.25) is 0 Å². The molecule has 17 nitrogen and oxygen atoms in total. The van der Waals surface area contributed by atoms with Crippen LogP contribution in [0.4, 0.5) is 0 Å². The molecule has 3 N–H and O–H groups in total. The van der Waals surface area contributed by atoms with Crippen molar-refractivity contribution in [1.29, 1.82) is 0 Å². The van der Waals surface area contributed by atoms with E-state index in [4.69, 9.17) is 37.0 Å². The number of carbonyl (C=O) groups is 4. The Morgan fingerprint density at radius 1 is 0.297 bits per heavy atom. The highest BCUT2D eigenvalue weighted by atomic mass is 31.2. The van der Waals surface area contributed by atoms with Gasteiger partial charge < -0.3 is 33.8 Å². The molecule has 0 spiro atoms. The van der Waals surface area contributed by atoms with Gasteiger partial charge in [-0.05, 0) is 31.6 Å². The van der Waals surface area contributed by atoms with Crippen molar-refractivity contribution in [3.05, 3.63) is 0 Å². The highest BCUT2D eigenvalue weighted by molar-refractivity contribution is 7.47. The first-order valence-corrected chi connectivity index (χ1v) is 40.6. The van der Waals surface area contributed by atoms with Gasteiger partial charge in [0.25, 0.3) is 0 Å². The van der Waals surface area contributed by atoms with Crippen molar-refractivity contribution >= 4 is 39.5 Å². The van der Waals surface area contributed by atoms with Crippen molar-refractivity contribution in [3.63, 3.8) is 0 Å². The Hall–Kier alpha value is -1.94. The van der Waals surface area contributed by atoms with Crippen molar-refractivity contribution in [3.8, 4) is 0 Å². The van der Waals surface area contributed by atoms with Gasteiger partial charge in [-0.15, -0.1) is 0 Å². The molecule has 0 fully saturated rings. The molecule has 0 amide bonds. The number of unbranched alkanes of at least 4 members (excludes halogenated alkanes) is 44. The summed E-state index contributed by atoms with van der Waals surface area (Å²) in [6.07, 6.45) is 52.5. The summed E-state index contributed by atoms with van der Waals surface area (Å²) in [6.45, 7) is 7.27. The Morgan fingerprint density at radius 2 is 0.505 bits per heavy atom. The third-order valence-electron chi connectivity index (χ3n) is 16.8. The quantitative estimate of drug-likeness (QED) is 0.0222. The lowest BCUT2D eigenvalue weighted by atomic mass is 10.0. The van der Waals surface area contributed by atoms with Crippen molar-refractivity contribution < 1.29 is 80.2 Å². The number of esters is 4. The summed E-state index contributed by atoms with van der Waals surface area (Å²) in [4.78, 5) is 72.6. The number of rotatable bonds is 72. The van der Waals surface area contributed by atoms with Gasteiger partial charge in [-0.3, -0.25) is 37.3 Å². The van der Waals surface area contributed by atoms with E-state index in [1.165, 1.54) is 199 Å². The van der Waals surface area contributed by atoms with E-state index in [0.717, 1.165) is 95.8 Å². The van der Waals surface area contributed by atoms with Crippen LogP contribution in [0.1, 0.15) is 375 Å². The zero-order valence-electron chi connectivity index (χ0n) is 59.0. The van der Waals surface area contributed by atoms with Gasteiger partial charge in [-0.1, -0.05) is 324 Å². The molecule has 0 aromatic heterocycles. The van der Waals surface area contributed by atoms with Crippen molar-refractivity contribution in [2.75, 3.05) is 39.6 Å². The molecule has 0 aliphatic heterocycles. The van der Waals surface area contributed by atoms with Crippen LogP contribution in [0.15, 0.2) is 0 Å². The Labute approximate surface area is 556 Å². The molecule has 0 aromatic rings.